The normalized spacial score (nSPS) is 12.3. The number of nitrogens with zero attached hydrogens (tertiary/aromatic N) is 1. The molecule has 0 spiro atoms. The van der Waals surface area contributed by atoms with Gasteiger partial charge in [0.15, 0.2) is 0 Å². The zero-order chi connectivity index (χ0) is 30.5. The molecule has 216 valence electrons. The first kappa shape index (κ1) is 30.9. The quantitative estimate of drug-likeness (QED) is 0.135. The molecule has 2 amide bonds. The van der Waals surface area contributed by atoms with Crippen molar-refractivity contribution in [3.05, 3.63) is 83.2 Å². The standard InChI is InChI=1S/C28H31N5O7S/c1-28(2,3)23(15-40-41(4,38)39)33-25(34)17-7-10-19(21(13-17)27(36)37)22-14-31-12-11-20(22)26(35)32-18-8-5-16(6-9-18)24(29)30/h5-14,23H,15H2,1-4H3,(H3,29,30)(H,32,35)(H,33,34)(H,36,37)/t23-/m1/s1. The molecular weight excluding hydrogens is 550 g/mol. The van der Waals surface area contributed by atoms with Gasteiger partial charge in [-0.3, -0.25) is 24.2 Å². The van der Waals surface area contributed by atoms with Crippen LogP contribution in [-0.4, -0.2) is 61.0 Å². The van der Waals surface area contributed by atoms with Gasteiger partial charge in [-0.1, -0.05) is 26.8 Å². The third-order valence-corrected chi connectivity index (χ3v) is 6.69. The molecule has 0 fully saturated rings. The minimum atomic E-state index is -3.75. The van der Waals surface area contributed by atoms with E-state index in [0.717, 1.165) is 6.26 Å². The molecule has 0 bridgehead atoms. The van der Waals surface area contributed by atoms with Gasteiger partial charge in [0.25, 0.3) is 21.9 Å². The molecule has 0 saturated carbocycles. The number of amides is 2. The maximum Gasteiger partial charge on any atom is 0.336 e. The molecule has 0 aliphatic rings. The third-order valence-electron chi connectivity index (χ3n) is 6.12. The van der Waals surface area contributed by atoms with Crippen molar-refractivity contribution in [3.63, 3.8) is 0 Å². The molecule has 13 heteroatoms. The predicted octanol–water partition coefficient (Wildman–Crippen LogP) is 3.10. The summed E-state index contributed by atoms with van der Waals surface area (Å²) in [5.41, 5.74) is 6.10. The number of hydrogen-bond acceptors (Lipinski definition) is 8. The number of carbonyl (C=O) groups is 3. The monoisotopic (exact) mass is 581 g/mol. The lowest BCUT2D eigenvalue weighted by Gasteiger charge is -2.31. The summed E-state index contributed by atoms with van der Waals surface area (Å²) in [6, 6.07) is 11.0. The number of anilines is 1. The number of amidine groups is 1. The number of aromatic carboxylic acids is 1. The van der Waals surface area contributed by atoms with E-state index in [0.29, 0.717) is 11.3 Å². The fraction of sp³-hybridized carbons (Fsp3) is 0.250. The Labute approximate surface area is 237 Å². The van der Waals surface area contributed by atoms with Crippen molar-refractivity contribution in [2.24, 2.45) is 11.1 Å². The van der Waals surface area contributed by atoms with Crippen molar-refractivity contribution in [2.45, 2.75) is 26.8 Å². The lowest BCUT2D eigenvalue weighted by molar-refractivity contribution is 0.0697. The van der Waals surface area contributed by atoms with Crippen molar-refractivity contribution in [1.29, 1.82) is 5.41 Å². The molecule has 0 radical (unpaired) electrons. The van der Waals surface area contributed by atoms with Crippen LogP contribution in [0.15, 0.2) is 60.9 Å². The number of hydrogen-bond donors (Lipinski definition) is 5. The van der Waals surface area contributed by atoms with Crippen LogP contribution in [0.2, 0.25) is 0 Å². The van der Waals surface area contributed by atoms with E-state index in [9.17, 15) is 27.9 Å². The summed E-state index contributed by atoms with van der Waals surface area (Å²) in [6.07, 6.45) is 3.65. The fourth-order valence-corrected chi connectivity index (χ4v) is 4.16. The Balaban J connectivity index is 1.93. The highest BCUT2D eigenvalue weighted by molar-refractivity contribution is 7.85. The van der Waals surface area contributed by atoms with Gasteiger partial charge in [-0.25, -0.2) is 4.79 Å². The van der Waals surface area contributed by atoms with Crippen LogP contribution in [0, 0.1) is 10.8 Å². The van der Waals surface area contributed by atoms with Crippen molar-refractivity contribution in [3.8, 4) is 11.1 Å². The lowest BCUT2D eigenvalue weighted by Crippen LogP contribution is -2.47. The molecule has 1 aromatic heterocycles. The number of pyridine rings is 1. The lowest BCUT2D eigenvalue weighted by atomic mass is 9.87. The molecule has 0 aliphatic heterocycles. The highest BCUT2D eigenvalue weighted by Crippen LogP contribution is 2.29. The van der Waals surface area contributed by atoms with Crippen molar-refractivity contribution >= 4 is 39.4 Å². The molecule has 1 heterocycles. The van der Waals surface area contributed by atoms with E-state index in [2.05, 4.69) is 15.6 Å². The Bertz CT molecular complexity index is 1600. The molecule has 0 aliphatic carbocycles. The minimum Gasteiger partial charge on any atom is -0.478 e. The molecular formula is C28H31N5O7S. The first-order valence-corrected chi connectivity index (χ1v) is 14.1. The fourth-order valence-electron chi connectivity index (χ4n) is 3.78. The Morgan fingerprint density at radius 3 is 2.20 bits per heavy atom. The summed E-state index contributed by atoms with van der Waals surface area (Å²) in [7, 11) is -3.75. The average molecular weight is 582 g/mol. The van der Waals surface area contributed by atoms with Gasteiger partial charge in [0.05, 0.1) is 30.0 Å². The van der Waals surface area contributed by atoms with E-state index < -0.39 is 39.4 Å². The Kier molecular flexibility index (Phi) is 9.25. The number of nitrogens with two attached hydrogens (primary N) is 1. The van der Waals surface area contributed by atoms with Crippen molar-refractivity contribution < 1.29 is 32.1 Å². The number of rotatable bonds is 10. The number of carboxylic acids is 1. The maximum absolute atomic E-state index is 13.2. The third kappa shape index (κ3) is 8.19. The smallest absolute Gasteiger partial charge is 0.336 e. The number of carboxylic acid groups (broad SMARTS) is 1. The second-order valence-corrected chi connectivity index (χ2v) is 12.0. The molecule has 12 nitrogen and oxygen atoms in total. The van der Waals surface area contributed by atoms with Crippen LogP contribution in [0.4, 0.5) is 5.69 Å². The van der Waals surface area contributed by atoms with Crippen molar-refractivity contribution in [2.75, 3.05) is 18.2 Å². The summed E-state index contributed by atoms with van der Waals surface area (Å²) in [6.45, 7) is 5.08. The SMILES string of the molecule is CC(C)(C)[C@@H](COS(C)(=O)=O)NC(=O)c1ccc(-c2cnccc2C(=O)Nc2ccc(C(=N)N)cc2)c(C(=O)O)c1. The number of nitrogen functional groups attached to an aromatic ring is 1. The first-order chi connectivity index (χ1) is 19.1. The molecule has 6 N–H and O–H groups in total. The second kappa shape index (κ2) is 12.3. The molecule has 0 saturated heterocycles. The molecule has 0 unspecified atom stereocenters. The van der Waals surface area contributed by atoms with E-state index in [1.165, 1.54) is 36.7 Å². The van der Waals surface area contributed by atoms with Crippen LogP contribution in [0.1, 0.15) is 57.4 Å². The van der Waals surface area contributed by atoms with Crippen molar-refractivity contribution in [1.82, 2.24) is 10.3 Å². The van der Waals surface area contributed by atoms with Gasteiger partial charge >= 0.3 is 5.97 Å². The number of aromatic nitrogens is 1. The highest BCUT2D eigenvalue weighted by Gasteiger charge is 2.29. The van der Waals surface area contributed by atoms with Crippen LogP contribution in [0.3, 0.4) is 0 Å². The Morgan fingerprint density at radius 1 is 1.00 bits per heavy atom. The minimum absolute atomic E-state index is 0.0141. The number of benzene rings is 2. The second-order valence-electron chi connectivity index (χ2n) is 10.3. The Morgan fingerprint density at radius 2 is 1.63 bits per heavy atom. The highest BCUT2D eigenvalue weighted by atomic mass is 32.2. The molecule has 2 aromatic carbocycles. The zero-order valence-electron chi connectivity index (χ0n) is 22.9. The predicted molar refractivity (Wildman–Crippen MR) is 154 cm³/mol. The number of carbonyl (C=O) groups excluding carboxylic acids is 2. The van der Waals surface area contributed by atoms with E-state index in [4.69, 9.17) is 15.3 Å². The van der Waals surface area contributed by atoms with Gasteiger partial charge in [0.2, 0.25) is 0 Å². The van der Waals surface area contributed by atoms with E-state index in [1.54, 1.807) is 45.0 Å². The van der Waals surface area contributed by atoms with Crippen LogP contribution in [-0.2, 0) is 14.3 Å². The maximum atomic E-state index is 13.2. The van der Waals surface area contributed by atoms with Gasteiger partial charge in [0, 0.05) is 34.8 Å². The Hall–Kier alpha value is -4.62. The summed E-state index contributed by atoms with van der Waals surface area (Å²) < 4.78 is 27.9. The average Bonchev–Trinajstić information content (AvgIpc) is 2.89. The summed E-state index contributed by atoms with van der Waals surface area (Å²) in [5.74, 6) is -2.62. The largest absolute Gasteiger partial charge is 0.478 e. The van der Waals surface area contributed by atoms with Crippen LogP contribution < -0.4 is 16.4 Å². The van der Waals surface area contributed by atoms with Gasteiger partial charge < -0.3 is 21.5 Å². The van der Waals surface area contributed by atoms with Gasteiger partial charge in [-0.15, -0.1) is 0 Å². The van der Waals surface area contributed by atoms with E-state index in [1.807, 2.05) is 0 Å². The molecule has 41 heavy (non-hydrogen) atoms. The van der Waals surface area contributed by atoms with E-state index >= 15 is 0 Å². The summed E-state index contributed by atoms with van der Waals surface area (Å²) in [4.78, 5) is 42.6. The molecule has 3 rings (SSSR count). The zero-order valence-corrected chi connectivity index (χ0v) is 23.7. The summed E-state index contributed by atoms with van der Waals surface area (Å²) >= 11 is 0. The molecule has 1 atom stereocenters. The molecule has 3 aromatic rings. The van der Waals surface area contributed by atoms with Gasteiger partial charge in [-0.2, -0.15) is 8.42 Å². The van der Waals surface area contributed by atoms with Crippen LogP contribution in [0.25, 0.3) is 11.1 Å². The first-order valence-electron chi connectivity index (χ1n) is 12.3. The van der Waals surface area contributed by atoms with Crippen LogP contribution >= 0.6 is 0 Å². The van der Waals surface area contributed by atoms with Gasteiger partial charge in [-0.05, 0) is 53.4 Å². The number of nitrogens with one attached hydrogen (secondary N) is 3. The van der Waals surface area contributed by atoms with Crippen LogP contribution in [0.5, 0.6) is 0 Å². The van der Waals surface area contributed by atoms with Gasteiger partial charge in [0.1, 0.15) is 5.84 Å². The van der Waals surface area contributed by atoms with E-state index in [-0.39, 0.29) is 40.3 Å². The topological polar surface area (TPSA) is 202 Å². The summed E-state index contributed by atoms with van der Waals surface area (Å²) in [5, 5.41) is 22.9.